The molecule has 0 atom stereocenters. The van der Waals surface area contributed by atoms with Crippen molar-refractivity contribution < 1.29 is 9.21 Å². The van der Waals surface area contributed by atoms with E-state index in [1.54, 1.807) is 18.5 Å². The van der Waals surface area contributed by atoms with Gasteiger partial charge in [-0.05, 0) is 17.5 Å². The van der Waals surface area contributed by atoms with Crippen molar-refractivity contribution in [1.29, 1.82) is 0 Å². The van der Waals surface area contributed by atoms with Gasteiger partial charge in [0.25, 0.3) is 0 Å². The quantitative estimate of drug-likeness (QED) is 0.627. The van der Waals surface area contributed by atoms with Crippen molar-refractivity contribution in [3.63, 3.8) is 0 Å². The molecule has 0 unspecified atom stereocenters. The molecule has 0 N–H and O–H groups in total. The number of nitrogens with zero attached hydrogens (tertiary/aromatic N) is 1. The van der Waals surface area contributed by atoms with Crippen molar-refractivity contribution >= 4 is 16.6 Å². The van der Waals surface area contributed by atoms with E-state index in [0.717, 1.165) is 10.8 Å². The first-order valence-electron chi connectivity index (χ1n) is 5.26. The second-order valence-electron chi connectivity index (χ2n) is 3.74. The van der Waals surface area contributed by atoms with Gasteiger partial charge in [0, 0.05) is 23.3 Å². The Hall–Kier alpha value is -2.42. The molecule has 0 aliphatic carbocycles. The van der Waals surface area contributed by atoms with Crippen molar-refractivity contribution in [2.75, 3.05) is 0 Å². The molecule has 0 radical (unpaired) electrons. The van der Waals surface area contributed by atoms with Crippen LogP contribution in [0.4, 0.5) is 0 Å². The van der Waals surface area contributed by atoms with Crippen LogP contribution >= 0.6 is 0 Å². The average Bonchev–Trinajstić information content (AvgIpc) is 2.91. The predicted octanol–water partition coefficient (Wildman–Crippen LogP) is 3.06. The first-order chi connectivity index (χ1) is 8.36. The van der Waals surface area contributed by atoms with Gasteiger partial charge < -0.3 is 4.42 Å². The minimum absolute atomic E-state index is 0.0319. The number of hydrogen-bond donors (Lipinski definition) is 0. The van der Waals surface area contributed by atoms with E-state index in [-0.39, 0.29) is 5.78 Å². The first-order valence-corrected chi connectivity index (χ1v) is 5.26. The summed E-state index contributed by atoms with van der Waals surface area (Å²) in [5, 5.41) is 1.87. The highest BCUT2D eigenvalue weighted by molar-refractivity contribution is 6.16. The summed E-state index contributed by atoms with van der Waals surface area (Å²) in [5.74, 6) is -0.0319. The second-order valence-corrected chi connectivity index (χ2v) is 3.74. The molecule has 3 heteroatoms. The Morgan fingerprint density at radius 1 is 1.18 bits per heavy atom. The van der Waals surface area contributed by atoms with Gasteiger partial charge in [-0.1, -0.05) is 18.2 Å². The minimum atomic E-state index is -0.0319. The Labute approximate surface area is 97.7 Å². The fourth-order valence-corrected chi connectivity index (χ4v) is 1.87. The van der Waals surface area contributed by atoms with Crippen LogP contribution in [-0.2, 0) is 0 Å². The van der Waals surface area contributed by atoms with E-state index >= 15 is 0 Å². The van der Waals surface area contributed by atoms with Crippen molar-refractivity contribution in [1.82, 2.24) is 4.98 Å². The Balaban J connectivity index is 2.21. The lowest BCUT2D eigenvalue weighted by Crippen LogP contribution is -2.00. The zero-order chi connectivity index (χ0) is 11.7. The number of carbonyl (C=O) groups excluding carboxylic acids is 1. The molecular weight excluding hydrogens is 214 g/mol. The highest BCUT2D eigenvalue weighted by Crippen LogP contribution is 2.20. The molecular formula is C14H9NO2. The lowest BCUT2D eigenvalue weighted by molar-refractivity contribution is 0.103. The van der Waals surface area contributed by atoms with Crippen molar-refractivity contribution in [2.24, 2.45) is 0 Å². The average molecular weight is 223 g/mol. The van der Waals surface area contributed by atoms with Gasteiger partial charge in [0.15, 0.2) is 5.78 Å². The topological polar surface area (TPSA) is 43.1 Å². The molecule has 0 saturated heterocycles. The van der Waals surface area contributed by atoms with Crippen LogP contribution in [0, 0.1) is 0 Å². The largest absolute Gasteiger partial charge is 0.472 e. The number of ketones is 1. The van der Waals surface area contributed by atoms with Crippen LogP contribution in [0.5, 0.6) is 0 Å². The lowest BCUT2D eigenvalue weighted by atomic mass is 10.00. The van der Waals surface area contributed by atoms with Crippen molar-refractivity contribution in [3.05, 3.63) is 66.4 Å². The fraction of sp³-hybridized carbons (Fsp3) is 0. The molecule has 0 spiro atoms. The second kappa shape index (κ2) is 3.87. The maximum Gasteiger partial charge on any atom is 0.196 e. The molecule has 0 fully saturated rings. The summed E-state index contributed by atoms with van der Waals surface area (Å²) in [6, 6.07) is 9.13. The van der Waals surface area contributed by atoms with Crippen molar-refractivity contribution in [2.45, 2.75) is 0 Å². The molecule has 3 rings (SSSR count). The molecule has 17 heavy (non-hydrogen) atoms. The lowest BCUT2D eigenvalue weighted by Gasteiger charge is -2.03. The number of carbonyl (C=O) groups is 1. The molecule has 0 aliphatic heterocycles. The predicted molar refractivity (Wildman–Crippen MR) is 63.9 cm³/mol. The van der Waals surface area contributed by atoms with Crippen LogP contribution in [0.1, 0.15) is 15.9 Å². The maximum atomic E-state index is 12.2. The molecule has 0 saturated carbocycles. The summed E-state index contributed by atoms with van der Waals surface area (Å²) in [6.45, 7) is 0. The molecule has 3 nitrogen and oxygen atoms in total. The summed E-state index contributed by atoms with van der Waals surface area (Å²) in [5.41, 5.74) is 1.24. The molecule has 2 heterocycles. The molecule has 0 bridgehead atoms. The SMILES string of the molecule is O=C(c1ccoc1)c1cccc2cnccc12. The van der Waals surface area contributed by atoms with Gasteiger partial charge in [0.2, 0.25) is 0 Å². The maximum absolute atomic E-state index is 12.2. The Kier molecular flexibility index (Phi) is 2.22. The van der Waals surface area contributed by atoms with Gasteiger partial charge in [-0.15, -0.1) is 0 Å². The standard InChI is InChI=1S/C14H9NO2/c16-14(11-5-7-17-9-11)13-3-1-2-10-8-15-6-4-12(10)13/h1-9H. The Bertz CT molecular complexity index is 666. The molecule has 1 aromatic carbocycles. The molecule has 0 amide bonds. The zero-order valence-electron chi connectivity index (χ0n) is 8.96. The van der Waals surface area contributed by atoms with Crippen LogP contribution in [0.15, 0.2) is 59.7 Å². The summed E-state index contributed by atoms with van der Waals surface area (Å²) in [6.07, 6.45) is 6.40. The van der Waals surface area contributed by atoms with E-state index in [9.17, 15) is 4.79 Å². The number of benzene rings is 1. The Morgan fingerprint density at radius 2 is 2.12 bits per heavy atom. The number of fused-ring (bicyclic) bond motifs is 1. The summed E-state index contributed by atoms with van der Waals surface area (Å²) in [7, 11) is 0. The third kappa shape index (κ3) is 1.61. The van der Waals surface area contributed by atoms with Gasteiger partial charge in [0.1, 0.15) is 6.26 Å². The third-order valence-corrected chi connectivity index (χ3v) is 2.71. The summed E-state index contributed by atoms with van der Waals surface area (Å²) in [4.78, 5) is 16.3. The van der Waals surface area contributed by atoms with Gasteiger partial charge in [-0.3, -0.25) is 9.78 Å². The molecule has 0 aliphatic rings. The van der Waals surface area contributed by atoms with Crippen molar-refractivity contribution in [3.8, 4) is 0 Å². The summed E-state index contributed by atoms with van der Waals surface area (Å²) < 4.78 is 4.94. The molecule has 3 aromatic rings. The third-order valence-electron chi connectivity index (χ3n) is 2.71. The van der Waals surface area contributed by atoms with E-state index in [1.165, 1.54) is 12.5 Å². The van der Waals surface area contributed by atoms with E-state index in [1.807, 2.05) is 24.3 Å². The van der Waals surface area contributed by atoms with Gasteiger partial charge in [0.05, 0.1) is 11.8 Å². The van der Waals surface area contributed by atoms with Gasteiger partial charge >= 0.3 is 0 Å². The van der Waals surface area contributed by atoms with E-state index in [0.29, 0.717) is 11.1 Å². The summed E-state index contributed by atoms with van der Waals surface area (Å²) >= 11 is 0. The van der Waals surface area contributed by atoms with Gasteiger partial charge in [-0.2, -0.15) is 0 Å². The smallest absolute Gasteiger partial charge is 0.196 e. The van der Waals surface area contributed by atoms with Gasteiger partial charge in [-0.25, -0.2) is 0 Å². The first kappa shape index (κ1) is 9.78. The Morgan fingerprint density at radius 3 is 2.94 bits per heavy atom. The van der Waals surface area contributed by atoms with E-state index in [2.05, 4.69) is 4.98 Å². The van der Waals surface area contributed by atoms with Crippen LogP contribution < -0.4 is 0 Å². The highest BCUT2D eigenvalue weighted by atomic mass is 16.3. The number of rotatable bonds is 2. The van der Waals surface area contributed by atoms with E-state index < -0.39 is 0 Å². The number of aromatic nitrogens is 1. The number of hydrogen-bond acceptors (Lipinski definition) is 3. The van der Waals surface area contributed by atoms with E-state index in [4.69, 9.17) is 4.42 Å². The van der Waals surface area contributed by atoms with Crippen LogP contribution in [-0.4, -0.2) is 10.8 Å². The zero-order valence-corrected chi connectivity index (χ0v) is 8.96. The van der Waals surface area contributed by atoms with Crippen LogP contribution in [0.2, 0.25) is 0 Å². The number of pyridine rings is 1. The van der Waals surface area contributed by atoms with Crippen LogP contribution in [0.3, 0.4) is 0 Å². The molecule has 82 valence electrons. The van der Waals surface area contributed by atoms with Crippen LogP contribution in [0.25, 0.3) is 10.8 Å². The molecule has 2 aromatic heterocycles. The monoisotopic (exact) mass is 223 g/mol. The number of furan rings is 1. The highest BCUT2D eigenvalue weighted by Gasteiger charge is 2.12. The minimum Gasteiger partial charge on any atom is -0.472 e. The normalized spacial score (nSPS) is 10.6. The fourth-order valence-electron chi connectivity index (χ4n) is 1.87.